The molecular formula is C17H16N2O6. The molecule has 0 bridgehead atoms. The van der Waals surface area contributed by atoms with E-state index in [1.165, 1.54) is 55.6 Å². The summed E-state index contributed by atoms with van der Waals surface area (Å²) in [6.45, 7) is 0. The van der Waals surface area contributed by atoms with E-state index in [4.69, 9.17) is 4.74 Å². The van der Waals surface area contributed by atoms with Crippen molar-refractivity contribution in [2.24, 2.45) is 0 Å². The summed E-state index contributed by atoms with van der Waals surface area (Å²) in [5.74, 6) is -1.27. The lowest BCUT2D eigenvalue weighted by atomic mass is 10.0. The number of nitro groups is 1. The van der Waals surface area contributed by atoms with Crippen LogP contribution in [0.3, 0.4) is 0 Å². The summed E-state index contributed by atoms with van der Waals surface area (Å²) in [4.78, 5) is 34.3. The fourth-order valence-corrected chi connectivity index (χ4v) is 2.21. The van der Waals surface area contributed by atoms with Crippen LogP contribution in [0.5, 0.6) is 5.75 Å². The largest absolute Gasteiger partial charge is 0.508 e. The van der Waals surface area contributed by atoms with Crippen molar-refractivity contribution in [3.8, 4) is 5.75 Å². The van der Waals surface area contributed by atoms with Crippen molar-refractivity contribution in [2.75, 3.05) is 7.11 Å². The summed E-state index contributed by atoms with van der Waals surface area (Å²) in [7, 11) is 1.20. The van der Waals surface area contributed by atoms with Crippen LogP contribution in [-0.4, -0.2) is 35.1 Å². The zero-order chi connectivity index (χ0) is 18.4. The van der Waals surface area contributed by atoms with E-state index in [-0.39, 0.29) is 23.4 Å². The van der Waals surface area contributed by atoms with Gasteiger partial charge in [-0.15, -0.1) is 0 Å². The van der Waals surface area contributed by atoms with E-state index in [1.807, 2.05) is 0 Å². The number of nitro benzene ring substituents is 1. The highest BCUT2D eigenvalue weighted by Gasteiger charge is 2.23. The van der Waals surface area contributed by atoms with Gasteiger partial charge in [-0.3, -0.25) is 14.9 Å². The summed E-state index contributed by atoms with van der Waals surface area (Å²) >= 11 is 0. The minimum Gasteiger partial charge on any atom is -0.508 e. The molecule has 130 valence electrons. The van der Waals surface area contributed by atoms with Gasteiger partial charge in [0.15, 0.2) is 0 Å². The van der Waals surface area contributed by atoms with Crippen molar-refractivity contribution in [1.82, 2.24) is 5.32 Å². The molecule has 0 saturated heterocycles. The van der Waals surface area contributed by atoms with Gasteiger partial charge in [0.05, 0.1) is 12.0 Å². The van der Waals surface area contributed by atoms with Gasteiger partial charge in [0.1, 0.15) is 11.8 Å². The first-order valence-corrected chi connectivity index (χ1v) is 7.31. The molecule has 0 aliphatic rings. The number of non-ortho nitro benzene ring substituents is 1. The fourth-order valence-electron chi connectivity index (χ4n) is 2.21. The molecule has 1 atom stereocenters. The Bertz CT molecular complexity index is 788. The summed E-state index contributed by atoms with van der Waals surface area (Å²) < 4.78 is 4.70. The molecule has 0 aliphatic heterocycles. The highest BCUT2D eigenvalue weighted by Crippen LogP contribution is 2.15. The highest BCUT2D eigenvalue weighted by molar-refractivity contribution is 5.97. The average Bonchev–Trinajstić information content (AvgIpc) is 2.60. The first kappa shape index (κ1) is 17.9. The van der Waals surface area contributed by atoms with Crippen LogP contribution >= 0.6 is 0 Å². The lowest BCUT2D eigenvalue weighted by Crippen LogP contribution is -2.43. The van der Waals surface area contributed by atoms with Gasteiger partial charge >= 0.3 is 5.97 Å². The molecule has 0 radical (unpaired) electrons. The van der Waals surface area contributed by atoms with Gasteiger partial charge in [-0.05, 0) is 23.8 Å². The Balaban J connectivity index is 2.14. The van der Waals surface area contributed by atoms with E-state index >= 15 is 0 Å². The maximum absolute atomic E-state index is 12.2. The van der Waals surface area contributed by atoms with E-state index in [1.54, 1.807) is 0 Å². The van der Waals surface area contributed by atoms with E-state index < -0.39 is 22.8 Å². The van der Waals surface area contributed by atoms with Crippen LogP contribution < -0.4 is 5.32 Å². The molecule has 0 spiro atoms. The number of phenolic OH excluding ortho intramolecular Hbond substituents is 1. The van der Waals surface area contributed by atoms with Gasteiger partial charge in [-0.1, -0.05) is 18.2 Å². The Morgan fingerprint density at radius 3 is 2.48 bits per heavy atom. The number of amides is 1. The summed E-state index contributed by atoms with van der Waals surface area (Å²) in [5.41, 5.74) is 0.747. The van der Waals surface area contributed by atoms with E-state index in [2.05, 4.69) is 5.32 Å². The predicted octanol–water partition coefficient (Wildman–Crippen LogP) is 1.81. The number of nitrogens with zero attached hydrogens (tertiary/aromatic N) is 1. The molecule has 0 heterocycles. The second-order valence-corrected chi connectivity index (χ2v) is 5.23. The highest BCUT2D eigenvalue weighted by atomic mass is 16.6. The van der Waals surface area contributed by atoms with Gasteiger partial charge < -0.3 is 15.2 Å². The number of ether oxygens (including phenoxy) is 1. The summed E-state index contributed by atoms with van der Waals surface area (Å²) in [5, 5.41) is 22.6. The number of nitrogens with one attached hydrogen (secondary N) is 1. The smallest absolute Gasteiger partial charge is 0.328 e. The molecule has 25 heavy (non-hydrogen) atoms. The van der Waals surface area contributed by atoms with Crippen molar-refractivity contribution < 1.29 is 24.4 Å². The van der Waals surface area contributed by atoms with Crippen molar-refractivity contribution in [3.05, 3.63) is 69.8 Å². The second kappa shape index (κ2) is 7.91. The third-order valence-electron chi connectivity index (χ3n) is 3.49. The number of carbonyl (C=O) groups excluding carboxylic acids is 2. The third kappa shape index (κ3) is 4.77. The maximum atomic E-state index is 12.2. The Morgan fingerprint density at radius 2 is 1.92 bits per heavy atom. The summed E-state index contributed by atoms with van der Waals surface area (Å²) in [6, 6.07) is 10.4. The van der Waals surface area contributed by atoms with Crippen LogP contribution in [0.4, 0.5) is 5.69 Å². The number of phenols is 1. The Morgan fingerprint density at radius 1 is 1.24 bits per heavy atom. The molecule has 8 heteroatoms. The number of methoxy groups -OCH3 is 1. The van der Waals surface area contributed by atoms with Gasteiger partial charge in [0.2, 0.25) is 0 Å². The molecule has 0 aromatic heterocycles. The van der Waals surface area contributed by atoms with Crippen LogP contribution in [0.15, 0.2) is 48.5 Å². The molecule has 0 unspecified atom stereocenters. The van der Waals surface area contributed by atoms with Crippen LogP contribution in [0, 0.1) is 10.1 Å². The normalized spacial score (nSPS) is 11.4. The minimum atomic E-state index is -0.971. The minimum absolute atomic E-state index is 0.0674. The molecule has 2 aromatic carbocycles. The lowest BCUT2D eigenvalue weighted by molar-refractivity contribution is -0.384. The first-order valence-electron chi connectivity index (χ1n) is 7.31. The van der Waals surface area contributed by atoms with Crippen molar-refractivity contribution in [2.45, 2.75) is 12.5 Å². The number of benzene rings is 2. The van der Waals surface area contributed by atoms with E-state index in [0.29, 0.717) is 5.56 Å². The number of hydrogen-bond donors (Lipinski definition) is 2. The van der Waals surface area contributed by atoms with Crippen LogP contribution in [0.1, 0.15) is 15.9 Å². The molecule has 8 nitrogen and oxygen atoms in total. The van der Waals surface area contributed by atoms with Crippen LogP contribution in [0.2, 0.25) is 0 Å². The molecule has 1 amide bonds. The van der Waals surface area contributed by atoms with Crippen LogP contribution in [-0.2, 0) is 16.0 Å². The van der Waals surface area contributed by atoms with Gasteiger partial charge in [0.25, 0.3) is 11.6 Å². The SMILES string of the molecule is COC(=O)[C@@H](Cc1ccc([N+](=O)[O-])cc1)NC(=O)c1cccc(O)c1. The van der Waals surface area contributed by atoms with Gasteiger partial charge in [0, 0.05) is 24.1 Å². The number of esters is 1. The van der Waals surface area contributed by atoms with E-state index in [0.717, 1.165) is 0 Å². The first-order chi connectivity index (χ1) is 11.9. The standard InChI is InChI=1S/C17H16N2O6/c1-25-17(22)15(9-11-5-7-13(8-6-11)19(23)24)18-16(21)12-3-2-4-14(20)10-12/h2-8,10,15,20H,9H2,1H3,(H,18,21)/t15-/m1/s1. The zero-order valence-electron chi connectivity index (χ0n) is 13.3. The third-order valence-corrected chi connectivity index (χ3v) is 3.49. The predicted molar refractivity (Wildman–Crippen MR) is 88.2 cm³/mol. The molecule has 2 rings (SSSR count). The molecular weight excluding hydrogens is 328 g/mol. The molecule has 0 aliphatic carbocycles. The number of carbonyl (C=O) groups is 2. The van der Waals surface area contributed by atoms with Gasteiger partial charge in [-0.2, -0.15) is 0 Å². The lowest BCUT2D eigenvalue weighted by Gasteiger charge is -2.16. The second-order valence-electron chi connectivity index (χ2n) is 5.23. The van der Waals surface area contributed by atoms with Crippen molar-refractivity contribution >= 4 is 17.6 Å². The zero-order valence-corrected chi connectivity index (χ0v) is 13.3. The molecule has 2 N–H and O–H groups in total. The quantitative estimate of drug-likeness (QED) is 0.469. The van der Waals surface area contributed by atoms with Crippen molar-refractivity contribution in [3.63, 3.8) is 0 Å². The van der Waals surface area contributed by atoms with Crippen LogP contribution in [0.25, 0.3) is 0 Å². The summed E-state index contributed by atoms with van der Waals surface area (Å²) in [6.07, 6.45) is 0.106. The Kier molecular flexibility index (Phi) is 5.67. The van der Waals surface area contributed by atoms with E-state index in [9.17, 15) is 24.8 Å². The van der Waals surface area contributed by atoms with Gasteiger partial charge in [-0.25, -0.2) is 4.79 Å². The average molecular weight is 344 g/mol. The number of aromatic hydroxyl groups is 1. The maximum Gasteiger partial charge on any atom is 0.328 e. The monoisotopic (exact) mass is 344 g/mol. The topological polar surface area (TPSA) is 119 Å². The fraction of sp³-hybridized carbons (Fsp3) is 0.176. The molecule has 0 saturated carbocycles. The van der Waals surface area contributed by atoms with Crippen molar-refractivity contribution in [1.29, 1.82) is 0 Å². The Labute approximate surface area is 143 Å². The number of rotatable bonds is 6. The Hall–Kier alpha value is -3.42. The molecule has 2 aromatic rings. The molecule has 0 fully saturated rings. The number of hydrogen-bond acceptors (Lipinski definition) is 6.